The van der Waals surface area contributed by atoms with E-state index in [-0.39, 0.29) is 11.2 Å². The molecule has 1 unspecified atom stereocenters. The van der Waals surface area contributed by atoms with Crippen LogP contribution in [0.4, 0.5) is 0 Å². The lowest BCUT2D eigenvalue weighted by molar-refractivity contribution is 0.168. The number of pyridine rings is 1. The lowest BCUT2D eigenvalue weighted by Gasteiger charge is -2.23. The molecular formula is C14H22N2O3. The number of nitrogens with zero attached hydrogens (tertiary/aromatic N) is 2. The van der Waals surface area contributed by atoms with Crippen molar-refractivity contribution >= 4 is 0 Å². The number of likely N-dealkylation sites (tertiary alicyclic amines) is 1. The number of aryl methyl sites for hydroxylation is 1. The molecule has 5 heteroatoms. The number of aliphatic hydroxyl groups excluding tert-OH is 1. The van der Waals surface area contributed by atoms with E-state index in [1.165, 1.54) is 6.07 Å². The van der Waals surface area contributed by atoms with Gasteiger partial charge < -0.3 is 14.8 Å². The number of rotatable bonds is 4. The number of aromatic hydroxyl groups is 1. The first-order chi connectivity index (χ1) is 8.99. The van der Waals surface area contributed by atoms with E-state index in [9.17, 15) is 15.0 Å². The van der Waals surface area contributed by atoms with Crippen LogP contribution in [0.3, 0.4) is 0 Å². The fraction of sp³-hybridized carbons (Fsp3) is 0.643. The molecule has 2 N–H and O–H groups in total. The van der Waals surface area contributed by atoms with E-state index in [4.69, 9.17) is 0 Å². The minimum Gasteiger partial charge on any atom is -0.503 e. The summed E-state index contributed by atoms with van der Waals surface area (Å²) in [5.41, 5.74) is 1.05. The van der Waals surface area contributed by atoms with Gasteiger partial charge in [-0.3, -0.25) is 9.69 Å². The van der Waals surface area contributed by atoms with Crippen LogP contribution in [-0.4, -0.2) is 38.9 Å². The zero-order valence-electron chi connectivity index (χ0n) is 11.6. The van der Waals surface area contributed by atoms with Gasteiger partial charge >= 0.3 is 0 Å². The summed E-state index contributed by atoms with van der Waals surface area (Å²) in [7, 11) is 0. The van der Waals surface area contributed by atoms with Crippen LogP contribution in [-0.2, 0) is 13.1 Å². The minimum atomic E-state index is -0.516. The Morgan fingerprint density at radius 1 is 1.37 bits per heavy atom. The van der Waals surface area contributed by atoms with Crippen molar-refractivity contribution in [3.8, 4) is 5.75 Å². The molecule has 0 spiro atoms. The zero-order chi connectivity index (χ0) is 14.0. The molecule has 1 aliphatic rings. The predicted molar refractivity (Wildman–Crippen MR) is 73.3 cm³/mol. The molecule has 1 aromatic rings. The molecule has 0 radical (unpaired) electrons. The van der Waals surface area contributed by atoms with Crippen molar-refractivity contribution in [2.45, 2.75) is 45.9 Å². The SMILES string of the molecule is Cc1cc(=O)c(O)c(CN2CCCC2)n1CC(C)O. The highest BCUT2D eigenvalue weighted by atomic mass is 16.3. The second-order valence-electron chi connectivity index (χ2n) is 5.39. The molecule has 0 aromatic carbocycles. The summed E-state index contributed by atoms with van der Waals surface area (Å²) in [6, 6.07) is 1.42. The Morgan fingerprint density at radius 2 is 2.00 bits per heavy atom. The maximum atomic E-state index is 11.7. The van der Waals surface area contributed by atoms with Crippen LogP contribution in [0, 0.1) is 6.92 Å². The second-order valence-corrected chi connectivity index (χ2v) is 5.39. The van der Waals surface area contributed by atoms with Gasteiger partial charge in [-0.15, -0.1) is 0 Å². The number of aliphatic hydroxyl groups is 1. The van der Waals surface area contributed by atoms with E-state index in [0.29, 0.717) is 18.8 Å². The minimum absolute atomic E-state index is 0.182. The first kappa shape index (κ1) is 14.1. The van der Waals surface area contributed by atoms with Gasteiger partial charge in [0, 0.05) is 24.8 Å². The summed E-state index contributed by atoms with van der Waals surface area (Å²) >= 11 is 0. The van der Waals surface area contributed by atoms with Crippen molar-refractivity contribution < 1.29 is 10.2 Å². The molecular weight excluding hydrogens is 244 g/mol. The van der Waals surface area contributed by atoms with Gasteiger partial charge in [0.2, 0.25) is 5.43 Å². The highest BCUT2D eigenvalue weighted by Crippen LogP contribution is 2.20. The zero-order valence-corrected chi connectivity index (χ0v) is 11.6. The fourth-order valence-corrected chi connectivity index (χ4v) is 2.65. The third-order valence-electron chi connectivity index (χ3n) is 3.62. The number of aromatic nitrogens is 1. The highest BCUT2D eigenvalue weighted by molar-refractivity contribution is 5.30. The number of hydrogen-bond donors (Lipinski definition) is 2. The molecule has 5 nitrogen and oxygen atoms in total. The Balaban J connectivity index is 2.38. The van der Waals surface area contributed by atoms with E-state index in [1.54, 1.807) is 6.92 Å². The van der Waals surface area contributed by atoms with Crippen LogP contribution in [0.5, 0.6) is 5.75 Å². The molecule has 0 amide bonds. The Bertz CT molecular complexity index is 502. The van der Waals surface area contributed by atoms with Crippen molar-refractivity contribution in [2.24, 2.45) is 0 Å². The summed E-state index contributed by atoms with van der Waals surface area (Å²) in [6.45, 7) is 6.48. The van der Waals surface area contributed by atoms with Crippen molar-refractivity contribution in [1.82, 2.24) is 9.47 Å². The summed E-state index contributed by atoms with van der Waals surface area (Å²) in [4.78, 5) is 14.0. The van der Waals surface area contributed by atoms with E-state index >= 15 is 0 Å². The lowest BCUT2D eigenvalue weighted by Crippen LogP contribution is -2.27. The molecule has 0 saturated carbocycles. The van der Waals surface area contributed by atoms with E-state index in [2.05, 4.69) is 4.90 Å². The van der Waals surface area contributed by atoms with E-state index < -0.39 is 6.10 Å². The number of hydrogen-bond acceptors (Lipinski definition) is 4. The highest BCUT2D eigenvalue weighted by Gasteiger charge is 2.19. The molecule has 1 saturated heterocycles. The molecule has 2 rings (SSSR count). The van der Waals surface area contributed by atoms with Gasteiger partial charge in [0.1, 0.15) is 0 Å². The van der Waals surface area contributed by atoms with Gasteiger partial charge in [-0.05, 0) is 39.8 Å². The summed E-state index contributed by atoms with van der Waals surface area (Å²) in [5.74, 6) is -0.182. The molecule has 0 aliphatic carbocycles. The van der Waals surface area contributed by atoms with Crippen molar-refractivity contribution in [3.63, 3.8) is 0 Å². The van der Waals surface area contributed by atoms with Crippen LogP contribution < -0.4 is 5.43 Å². The molecule has 1 aliphatic heterocycles. The first-order valence-corrected chi connectivity index (χ1v) is 6.81. The molecule has 2 heterocycles. The summed E-state index contributed by atoms with van der Waals surface area (Å²) in [5, 5.41) is 19.6. The van der Waals surface area contributed by atoms with Crippen LogP contribution in [0.1, 0.15) is 31.2 Å². The normalized spacial score (nSPS) is 17.8. The van der Waals surface area contributed by atoms with Crippen LogP contribution in [0.25, 0.3) is 0 Å². The Hall–Kier alpha value is -1.33. The third kappa shape index (κ3) is 3.16. The monoisotopic (exact) mass is 266 g/mol. The van der Waals surface area contributed by atoms with Crippen LogP contribution in [0.2, 0.25) is 0 Å². The van der Waals surface area contributed by atoms with Gasteiger partial charge in [-0.2, -0.15) is 0 Å². The smallest absolute Gasteiger partial charge is 0.223 e. The maximum absolute atomic E-state index is 11.7. The quantitative estimate of drug-likeness (QED) is 0.847. The van der Waals surface area contributed by atoms with Gasteiger partial charge in [0.15, 0.2) is 5.75 Å². The van der Waals surface area contributed by atoms with E-state index in [1.807, 2.05) is 11.5 Å². The van der Waals surface area contributed by atoms with Crippen LogP contribution in [0.15, 0.2) is 10.9 Å². The van der Waals surface area contributed by atoms with Crippen molar-refractivity contribution in [1.29, 1.82) is 0 Å². The molecule has 19 heavy (non-hydrogen) atoms. The van der Waals surface area contributed by atoms with Crippen LogP contribution >= 0.6 is 0 Å². The Labute approximate surface area is 113 Å². The molecule has 1 atom stereocenters. The lowest BCUT2D eigenvalue weighted by atomic mass is 10.2. The molecule has 1 aromatic heterocycles. The van der Waals surface area contributed by atoms with Crippen molar-refractivity contribution in [2.75, 3.05) is 13.1 Å². The average molecular weight is 266 g/mol. The Kier molecular flexibility index (Phi) is 4.27. The molecule has 106 valence electrons. The maximum Gasteiger partial charge on any atom is 0.223 e. The van der Waals surface area contributed by atoms with E-state index in [0.717, 1.165) is 31.6 Å². The summed E-state index contributed by atoms with van der Waals surface area (Å²) < 4.78 is 1.85. The Morgan fingerprint density at radius 3 is 2.58 bits per heavy atom. The largest absolute Gasteiger partial charge is 0.503 e. The van der Waals surface area contributed by atoms with Gasteiger partial charge in [0.25, 0.3) is 0 Å². The summed E-state index contributed by atoms with van der Waals surface area (Å²) in [6.07, 6.45) is 1.80. The fourth-order valence-electron chi connectivity index (χ4n) is 2.65. The molecule has 0 bridgehead atoms. The average Bonchev–Trinajstić information content (AvgIpc) is 2.83. The standard InChI is InChI=1S/C14H22N2O3/c1-10-7-13(18)14(19)12(16(10)8-11(2)17)9-15-5-3-4-6-15/h7,11,17,19H,3-6,8-9H2,1-2H3. The molecule has 1 fully saturated rings. The van der Waals surface area contributed by atoms with Gasteiger partial charge in [-0.25, -0.2) is 0 Å². The van der Waals surface area contributed by atoms with Crippen molar-refractivity contribution in [3.05, 3.63) is 27.7 Å². The predicted octanol–water partition coefficient (Wildman–Crippen LogP) is 0.839. The first-order valence-electron chi connectivity index (χ1n) is 6.81. The third-order valence-corrected chi connectivity index (χ3v) is 3.62. The van der Waals surface area contributed by atoms with Gasteiger partial charge in [-0.1, -0.05) is 0 Å². The topological polar surface area (TPSA) is 65.7 Å². The van der Waals surface area contributed by atoms with Gasteiger partial charge in [0.05, 0.1) is 11.8 Å². The second kappa shape index (κ2) is 5.75.